The zero-order valence-corrected chi connectivity index (χ0v) is 13.5. The van der Waals surface area contributed by atoms with Crippen molar-refractivity contribution in [3.8, 4) is 0 Å². The molecule has 5 nitrogen and oxygen atoms in total. The minimum absolute atomic E-state index is 0.0123. The van der Waals surface area contributed by atoms with Crippen molar-refractivity contribution in [2.24, 2.45) is 23.7 Å². The van der Waals surface area contributed by atoms with Crippen LogP contribution < -0.4 is 5.32 Å². The molecule has 3 fully saturated rings. The van der Waals surface area contributed by atoms with E-state index in [-0.39, 0.29) is 11.8 Å². The van der Waals surface area contributed by atoms with E-state index < -0.39 is 0 Å². The first-order valence-corrected chi connectivity index (χ1v) is 8.77. The number of amides is 1. The fourth-order valence-corrected chi connectivity index (χ4v) is 3.99. The van der Waals surface area contributed by atoms with Crippen molar-refractivity contribution in [3.63, 3.8) is 0 Å². The van der Waals surface area contributed by atoms with E-state index in [9.17, 15) is 4.79 Å². The van der Waals surface area contributed by atoms with E-state index in [4.69, 9.17) is 4.74 Å². The highest BCUT2D eigenvalue weighted by Crippen LogP contribution is 2.37. The van der Waals surface area contributed by atoms with Gasteiger partial charge in [0.1, 0.15) is 0 Å². The summed E-state index contributed by atoms with van der Waals surface area (Å²) < 4.78 is 5.74. The van der Waals surface area contributed by atoms with Gasteiger partial charge in [0.05, 0.1) is 31.4 Å². The average Bonchev–Trinajstić information content (AvgIpc) is 3.29. The maximum atomic E-state index is 12.6. The lowest BCUT2D eigenvalue weighted by atomic mass is 9.82. The van der Waals surface area contributed by atoms with Crippen molar-refractivity contribution in [3.05, 3.63) is 30.1 Å². The van der Waals surface area contributed by atoms with E-state index in [0.29, 0.717) is 25.0 Å². The predicted molar refractivity (Wildman–Crippen MR) is 86.5 cm³/mol. The van der Waals surface area contributed by atoms with Crippen LogP contribution in [0, 0.1) is 23.7 Å². The molecule has 0 aromatic carbocycles. The highest BCUT2D eigenvalue weighted by Gasteiger charge is 2.44. The van der Waals surface area contributed by atoms with Crippen LogP contribution >= 0.6 is 0 Å². The fourth-order valence-electron chi connectivity index (χ4n) is 3.99. The number of hydrogen-bond acceptors (Lipinski definition) is 4. The fraction of sp³-hybridized carbons (Fsp3) is 0.667. The molecule has 5 heteroatoms. The summed E-state index contributed by atoms with van der Waals surface area (Å²) in [6.07, 6.45) is 4.53. The largest absolute Gasteiger partial charge is 0.380 e. The quantitative estimate of drug-likeness (QED) is 0.890. The number of ether oxygens (including phenoxy) is 1. The van der Waals surface area contributed by atoms with E-state index in [2.05, 4.69) is 15.2 Å². The molecule has 1 aromatic heterocycles. The van der Waals surface area contributed by atoms with E-state index >= 15 is 0 Å². The van der Waals surface area contributed by atoms with Gasteiger partial charge < -0.3 is 15.0 Å². The normalized spacial score (nSPS) is 30.9. The molecule has 23 heavy (non-hydrogen) atoms. The number of carbonyl (C=O) groups is 1. The molecular weight excluding hydrogens is 290 g/mol. The molecule has 0 spiro atoms. The summed E-state index contributed by atoms with van der Waals surface area (Å²) >= 11 is 0. The molecule has 124 valence electrons. The first-order chi connectivity index (χ1) is 11.3. The first kappa shape index (κ1) is 15.1. The minimum Gasteiger partial charge on any atom is -0.380 e. The Balaban J connectivity index is 1.34. The zero-order valence-electron chi connectivity index (χ0n) is 13.5. The third-order valence-electron chi connectivity index (χ3n) is 5.43. The highest BCUT2D eigenvalue weighted by molar-refractivity contribution is 5.79. The summed E-state index contributed by atoms with van der Waals surface area (Å²) in [7, 11) is 0. The Labute approximate surface area is 137 Å². The van der Waals surface area contributed by atoms with Crippen molar-refractivity contribution in [2.75, 3.05) is 32.8 Å². The first-order valence-electron chi connectivity index (χ1n) is 8.77. The number of nitrogens with one attached hydrogen (secondary N) is 1. The summed E-state index contributed by atoms with van der Waals surface area (Å²) in [5.74, 6) is 1.99. The summed E-state index contributed by atoms with van der Waals surface area (Å²) in [5.41, 5.74) is 0.899. The number of carbonyl (C=O) groups excluding carboxylic acids is 1. The van der Waals surface area contributed by atoms with Gasteiger partial charge in [-0.1, -0.05) is 6.07 Å². The molecule has 0 unspecified atom stereocenters. The standard InChI is InChI=1S/C18H25N3O2/c22-18(20-7-15-3-1-2-6-19-15)17-12-23-11-14-9-21(10-16(14)17)8-13-4-5-13/h1-3,6,13-14,16-17H,4-5,7-12H2,(H,20,22)/t14-,16-,17-/m1/s1. The van der Waals surface area contributed by atoms with Gasteiger partial charge in [0, 0.05) is 25.8 Å². The van der Waals surface area contributed by atoms with Crippen molar-refractivity contribution in [2.45, 2.75) is 19.4 Å². The zero-order chi connectivity index (χ0) is 15.6. The van der Waals surface area contributed by atoms with Gasteiger partial charge in [0.2, 0.25) is 5.91 Å². The van der Waals surface area contributed by atoms with Crippen molar-refractivity contribution < 1.29 is 9.53 Å². The molecule has 0 bridgehead atoms. The van der Waals surface area contributed by atoms with Crippen LogP contribution in [0.3, 0.4) is 0 Å². The smallest absolute Gasteiger partial charge is 0.226 e. The maximum Gasteiger partial charge on any atom is 0.226 e. The van der Waals surface area contributed by atoms with Gasteiger partial charge in [0.25, 0.3) is 0 Å². The molecule has 1 aromatic rings. The summed E-state index contributed by atoms with van der Waals surface area (Å²) in [6.45, 7) is 5.26. The van der Waals surface area contributed by atoms with E-state index in [1.165, 1.54) is 19.4 Å². The van der Waals surface area contributed by atoms with Crippen LogP contribution in [-0.4, -0.2) is 48.6 Å². The Morgan fingerprint density at radius 1 is 1.30 bits per heavy atom. The number of hydrogen-bond donors (Lipinski definition) is 1. The van der Waals surface area contributed by atoms with Gasteiger partial charge in [-0.3, -0.25) is 9.78 Å². The molecule has 2 saturated heterocycles. The topological polar surface area (TPSA) is 54.5 Å². The molecular formula is C18H25N3O2. The van der Waals surface area contributed by atoms with Crippen LogP contribution in [0.15, 0.2) is 24.4 Å². The number of nitrogens with zero attached hydrogens (tertiary/aromatic N) is 2. The van der Waals surface area contributed by atoms with Gasteiger partial charge >= 0.3 is 0 Å². The van der Waals surface area contributed by atoms with E-state index in [0.717, 1.165) is 31.3 Å². The Morgan fingerprint density at radius 2 is 2.22 bits per heavy atom. The van der Waals surface area contributed by atoms with Crippen LogP contribution in [0.2, 0.25) is 0 Å². The second kappa shape index (κ2) is 6.57. The lowest BCUT2D eigenvalue weighted by Crippen LogP contribution is -2.44. The Morgan fingerprint density at radius 3 is 3.00 bits per heavy atom. The summed E-state index contributed by atoms with van der Waals surface area (Å²) in [5, 5.41) is 3.05. The van der Waals surface area contributed by atoms with Crippen LogP contribution in [0.4, 0.5) is 0 Å². The number of pyridine rings is 1. The van der Waals surface area contributed by atoms with Crippen molar-refractivity contribution >= 4 is 5.91 Å². The third-order valence-corrected chi connectivity index (χ3v) is 5.43. The molecule has 3 atom stereocenters. The lowest BCUT2D eigenvalue weighted by Gasteiger charge is -2.32. The number of aromatic nitrogens is 1. The lowest BCUT2D eigenvalue weighted by molar-refractivity contribution is -0.133. The minimum atomic E-state index is -0.0123. The third kappa shape index (κ3) is 3.56. The molecule has 1 amide bonds. The number of likely N-dealkylation sites (tertiary alicyclic amines) is 1. The molecule has 3 heterocycles. The van der Waals surface area contributed by atoms with Gasteiger partial charge in [-0.2, -0.15) is 0 Å². The maximum absolute atomic E-state index is 12.6. The van der Waals surface area contributed by atoms with Crippen molar-refractivity contribution in [1.29, 1.82) is 0 Å². The predicted octanol–water partition coefficient (Wildman–Crippen LogP) is 1.30. The van der Waals surface area contributed by atoms with E-state index in [1.807, 2.05) is 18.2 Å². The Bertz CT molecular complexity index is 546. The van der Waals surface area contributed by atoms with E-state index in [1.54, 1.807) is 6.20 Å². The molecule has 1 saturated carbocycles. The Kier molecular flexibility index (Phi) is 4.31. The second-order valence-corrected chi connectivity index (χ2v) is 7.27. The summed E-state index contributed by atoms with van der Waals surface area (Å²) in [6, 6.07) is 5.77. The van der Waals surface area contributed by atoms with Crippen LogP contribution in [0.1, 0.15) is 18.5 Å². The van der Waals surface area contributed by atoms with Crippen molar-refractivity contribution in [1.82, 2.24) is 15.2 Å². The van der Waals surface area contributed by atoms with Gasteiger partial charge in [-0.05, 0) is 42.7 Å². The molecule has 0 radical (unpaired) electrons. The SMILES string of the molecule is O=C(NCc1ccccn1)[C@@H]1COC[C@H]2CN(CC3CC3)C[C@H]21. The average molecular weight is 315 g/mol. The highest BCUT2D eigenvalue weighted by atomic mass is 16.5. The summed E-state index contributed by atoms with van der Waals surface area (Å²) in [4.78, 5) is 19.4. The van der Waals surface area contributed by atoms with Crippen LogP contribution in [0.25, 0.3) is 0 Å². The van der Waals surface area contributed by atoms with Gasteiger partial charge in [-0.25, -0.2) is 0 Å². The number of rotatable bonds is 5. The molecule has 2 aliphatic heterocycles. The monoisotopic (exact) mass is 315 g/mol. The van der Waals surface area contributed by atoms with Crippen LogP contribution in [0.5, 0.6) is 0 Å². The molecule has 3 aliphatic rings. The molecule has 4 rings (SSSR count). The van der Waals surface area contributed by atoms with Gasteiger partial charge in [-0.15, -0.1) is 0 Å². The molecule has 1 aliphatic carbocycles. The Hall–Kier alpha value is -1.46. The second-order valence-electron chi connectivity index (χ2n) is 7.27. The van der Waals surface area contributed by atoms with Crippen LogP contribution in [-0.2, 0) is 16.1 Å². The van der Waals surface area contributed by atoms with Gasteiger partial charge in [0.15, 0.2) is 0 Å². The number of fused-ring (bicyclic) bond motifs is 1. The molecule has 1 N–H and O–H groups in total.